The van der Waals surface area contributed by atoms with Gasteiger partial charge in [0, 0.05) is 5.69 Å². The van der Waals surface area contributed by atoms with Crippen molar-refractivity contribution >= 4 is 11.6 Å². The quantitative estimate of drug-likeness (QED) is 0.555. The van der Waals surface area contributed by atoms with E-state index >= 15 is 0 Å². The molecule has 0 saturated carbocycles. The van der Waals surface area contributed by atoms with Gasteiger partial charge in [-0.15, -0.1) is 0 Å². The molecule has 7 heteroatoms. The second-order valence-electron chi connectivity index (χ2n) is 6.38. The molecule has 0 spiro atoms. The summed E-state index contributed by atoms with van der Waals surface area (Å²) in [6.45, 7) is 1.87. The zero-order chi connectivity index (χ0) is 21.2. The van der Waals surface area contributed by atoms with Crippen LogP contribution in [0, 0.1) is 24.1 Å². The number of alkyl halides is 3. The van der Waals surface area contributed by atoms with Crippen LogP contribution in [0.4, 0.5) is 23.2 Å². The highest BCUT2D eigenvalue weighted by molar-refractivity contribution is 6.08. The number of halogens is 4. The fourth-order valence-corrected chi connectivity index (χ4v) is 2.84. The second-order valence-corrected chi connectivity index (χ2v) is 6.38. The Kier molecular flexibility index (Phi) is 5.37. The summed E-state index contributed by atoms with van der Waals surface area (Å²) in [7, 11) is 0. The Labute approximate surface area is 164 Å². The Morgan fingerprint density at radius 1 is 1.00 bits per heavy atom. The molecule has 0 saturated heterocycles. The number of hydrogen-bond donors (Lipinski definition) is 1. The molecule has 1 N–H and O–H groups in total. The monoisotopic (exact) mass is 398 g/mol. The van der Waals surface area contributed by atoms with E-state index in [0.717, 1.165) is 29.8 Å². The summed E-state index contributed by atoms with van der Waals surface area (Å²) >= 11 is 0. The van der Waals surface area contributed by atoms with Crippen LogP contribution >= 0.6 is 0 Å². The van der Waals surface area contributed by atoms with Crippen LogP contribution in [0.5, 0.6) is 0 Å². The van der Waals surface area contributed by atoms with Gasteiger partial charge in [-0.2, -0.15) is 18.4 Å². The first-order valence-electron chi connectivity index (χ1n) is 8.48. The summed E-state index contributed by atoms with van der Waals surface area (Å²) in [5.74, 6) is -1.37. The van der Waals surface area contributed by atoms with Crippen molar-refractivity contribution in [2.75, 3.05) is 5.32 Å². The highest BCUT2D eigenvalue weighted by atomic mass is 19.4. The largest absolute Gasteiger partial charge is 0.417 e. The fraction of sp³-hybridized carbons (Fsp3) is 0.0909. The first-order valence-corrected chi connectivity index (χ1v) is 8.48. The predicted molar refractivity (Wildman–Crippen MR) is 101 cm³/mol. The van der Waals surface area contributed by atoms with Crippen molar-refractivity contribution in [2.24, 2.45) is 0 Å². The third kappa shape index (κ3) is 4.43. The van der Waals surface area contributed by atoms with Crippen LogP contribution in [0.1, 0.15) is 27.0 Å². The molecule has 0 heterocycles. The molecule has 1 amide bonds. The first-order chi connectivity index (χ1) is 13.7. The molecule has 146 valence electrons. The number of carbonyl (C=O) groups is 1. The second kappa shape index (κ2) is 7.76. The zero-order valence-corrected chi connectivity index (χ0v) is 15.1. The highest BCUT2D eigenvalue weighted by Crippen LogP contribution is 2.36. The van der Waals surface area contributed by atoms with Crippen LogP contribution in [0.25, 0.3) is 11.1 Å². The molecule has 0 aliphatic heterocycles. The van der Waals surface area contributed by atoms with Crippen molar-refractivity contribution in [1.82, 2.24) is 0 Å². The van der Waals surface area contributed by atoms with E-state index in [9.17, 15) is 22.4 Å². The van der Waals surface area contributed by atoms with Crippen LogP contribution in [0.3, 0.4) is 0 Å². The molecule has 3 aromatic carbocycles. The molecule has 0 radical (unpaired) electrons. The summed E-state index contributed by atoms with van der Waals surface area (Å²) in [6, 6.07) is 14.8. The van der Waals surface area contributed by atoms with Gasteiger partial charge < -0.3 is 5.32 Å². The third-order valence-electron chi connectivity index (χ3n) is 4.29. The lowest BCUT2D eigenvalue weighted by Gasteiger charge is -2.14. The zero-order valence-electron chi connectivity index (χ0n) is 15.1. The average molecular weight is 398 g/mol. The van der Waals surface area contributed by atoms with Gasteiger partial charge in [-0.25, -0.2) is 4.39 Å². The number of nitriles is 1. The van der Waals surface area contributed by atoms with Crippen LogP contribution < -0.4 is 5.32 Å². The molecule has 0 aliphatic rings. The minimum atomic E-state index is -4.74. The number of amides is 1. The molecular weight excluding hydrogens is 384 g/mol. The van der Waals surface area contributed by atoms with Gasteiger partial charge in [0.2, 0.25) is 0 Å². The molecule has 0 aromatic heterocycles. The molecule has 0 atom stereocenters. The fourth-order valence-electron chi connectivity index (χ4n) is 2.84. The van der Waals surface area contributed by atoms with E-state index < -0.39 is 29.0 Å². The molecule has 3 rings (SSSR count). The van der Waals surface area contributed by atoms with Crippen molar-refractivity contribution in [3.8, 4) is 17.2 Å². The van der Waals surface area contributed by atoms with Gasteiger partial charge in [-0.05, 0) is 54.4 Å². The maximum atomic E-state index is 13.8. The van der Waals surface area contributed by atoms with E-state index in [1.807, 2.05) is 6.92 Å². The molecule has 3 aromatic rings. The third-order valence-corrected chi connectivity index (χ3v) is 4.29. The minimum Gasteiger partial charge on any atom is -0.322 e. The number of nitrogens with zero attached hydrogens (tertiary/aromatic N) is 1. The molecular formula is C22H14F4N2O. The maximum absolute atomic E-state index is 13.8. The van der Waals surface area contributed by atoms with E-state index in [4.69, 9.17) is 5.26 Å². The van der Waals surface area contributed by atoms with E-state index in [1.165, 1.54) is 18.2 Å². The highest BCUT2D eigenvalue weighted by Gasteiger charge is 2.34. The van der Waals surface area contributed by atoms with Gasteiger partial charge in [-0.3, -0.25) is 4.79 Å². The predicted octanol–water partition coefficient (Wildman–Crippen LogP) is 5.94. The maximum Gasteiger partial charge on any atom is 0.417 e. The average Bonchev–Trinajstić information content (AvgIpc) is 2.68. The Morgan fingerprint density at radius 2 is 1.69 bits per heavy atom. The molecule has 0 fully saturated rings. The smallest absolute Gasteiger partial charge is 0.322 e. The Hall–Kier alpha value is -3.66. The van der Waals surface area contributed by atoms with Gasteiger partial charge in [0.25, 0.3) is 5.91 Å². The van der Waals surface area contributed by atoms with Gasteiger partial charge in [-0.1, -0.05) is 29.8 Å². The normalized spacial score (nSPS) is 11.0. The SMILES string of the molecule is Cc1ccc(NC(=O)c2cc(F)ccc2-c2ccc(C#N)c(C(F)(F)F)c2)cc1. The van der Waals surface area contributed by atoms with Crippen molar-refractivity contribution in [3.05, 3.63) is 88.7 Å². The number of aryl methyl sites for hydroxylation is 1. The standard InChI is InChI=1S/C22H14F4N2O/c1-13-2-7-17(8-3-13)28-21(29)19-11-16(23)6-9-18(19)14-4-5-15(12-27)20(10-14)22(24,25)26/h2-11H,1H3,(H,28,29). The summed E-state index contributed by atoms with van der Waals surface area (Å²) in [5, 5.41) is 11.6. The van der Waals surface area contributed by atoms with E-state index in [1.54, 1.807) is 24.3 Å². The Balaban J connectivity index is 2.07. The molecule has 0 aliphatic carbocycles. The number of rotatable bonds is 3. The number of benzene rings is 3. The van der Waals surface area contributed by atoms with Crippen molar-refractivity contribution in [1.29, 1.82) is 5.26 Å². The summed E-state index contributed by atoms with van der Waals surface area (Å²) in [4.78, 5) is 12.7. The lowest BCUT2D eigenvalue weighted by molar-refractivity contribution is -0.137. The van der Waals surface area contributed by atoms with Crippen LogP contribution in [0.2, 0.25) is 0 Å². The van der Waals surface area contributed by atoms with Gasteiger partial charge >= 0.3 is 6.18 Å². The first kappa shape index (κ1) is 20.1. The Bertz CT molecular complexity index is 1110. The molecule has 0 unspecified atom stereocenters. The van der Waals surface area contributed by atoms with Crippen LogP contribution in [-0.2, 0) is 6.18 Å². The summed E-state index contributed by atoms with van der Waals surface area (Å²) in [6.07, 6.45) is -4.74. The summed E-state index contributed by atoms with van der Waals surface area (Å²) < 4.78 is 53.7. The minimum absolute atomic E-state index is 0.0466. The van der Waals surface area contributed by atoms with Crippen LogP contribution in [0.15, 0.2) is 60.7 Å². The van der Waals surface area contributed by atoms with Crippen molar-refractivity contribution < 1.29 is 22.4 Å². The van der Waals surface area contributed by atoms with Crippen molar-refractivity contribution in [3.63, 3.8) is 0 Å². The van der Waals surface area contributed by atoms with Gasteiger partial charge in [0.05, 0.1) is 22.8 Å². The lowest BCUT2D eigenvalue weighted by Crippen LogP contribution is -2.14. The van der Waals surface area contributed by atoms with Crippen LogP contribution in [-0.4, -0.2) is 5.91 Å². The Morgan fingerprint density at radius 3 is 2.31 bits per heavy atom. The number of carbonyl (C=O) groups excluding carboxylic acids is 1. The number of anilines is 1. The lowest BCUT2D eigenvalue weighted by atomic mass is 9.95. The summed E-state index contributed by atoms with van der Waals surface area (Å²) in [5.41, 5.74) is -0.168. The number of hydrogen-bond acceptors (Lipinski definition) is 2. The van der Waals surface area contributed by atoms with E-state index in [2.05, 4.69) is 5.32 Å². The topological polar surface area (TPSA) is 52.9 Å². The number of nitrogens with one attached hydrogen (secondary N) is 1. The van der Waals surface area contributed by atoms with Gasteiger partial charge in [0.1, 0.15) is 5.82 Å². The van der Waals surface area contributed by atoms with Crippen molar-refractivity contribution in [2.45, 2.75) is 13.1 Å². The van der Waals surface area contributed by atoms with Gasteiger partial charge in [0.15, 0.2) is 0 Å². The molecule has 29 heavy (non-hydrogen) atoms. The molecule has 3 nitrogen and oxygen atoms in total. The van der Waals surface area contributed by atoms with E-state index in [-0.39, 0.29) is 16.7 Å². The van der Waals surface area contributed by atoms with E-state index in [0.29, 0.717) is 5.69 Å². The molecule has 0 bridgehead atoms.